The molecule has 1 fully saturated rings. The Bertz CT molecular complexity index is 664. The Morgan fingerprint density at radius 2 is 1.95 bits per heavy atom. The number of hydrogen-bond donors (Lipinski definition) is 3. The molecule has 3 N–H and O–H groups in total. The molecule has 0 bridgehead atoms. The van der Waals surface area contributed by atoms with Crippen LogP contribution in [-0.2, 0) is 4.74 Å². The van der Waals surface area contributed by atoms with Gasteiger partial charge < -0.3 is 20.0 Å². The predicted molar refractivity (Wildman–Crippen MR) is 83.3 cm³/mol. The van der Waals surface area contributed by atoms with E-state index in [0.717, 1.165) is 34.0 Å². The van der Waals surface area contributed by atoms with Gasteiger partial charge in [0.05, 0.1) is 28.9 Å². The van der Waals surface area contributed by atoms with Crippen molar-refractivity contribution in [3.63, 3.8) is 0 Å². The molecular weight excluding hydrogens is 322 g/mol. The van der Waals surface area contributed by atoms with Crippen LogP contribution in [0.2, 0.25) is 0 Å². The van der Waals surface area contributed by atoms with Gasteiger partial charge in [-0.25, -0.2) is 4.79 Å². The molecule has 0 aliphatic heterocycles. The van der Waals surface area contributed by atoms with Crippen molar-refractivity contribution >= 4 is 32.7 Å². The van der Waals surface area contributed by atoms with E-state index in [0.29, 0.717) is 6.04 Å². The van der Waals surface area contributed by atoms with Crippen molar-refractivity contribution in [1.82, 2.24) is 9.97 Å². The smallest absolute Gasteiger partial charge is 0.323 e. The molecule has 0 radical (unpaired) electrons. The first-order valence-corrected chi connectivity index (χ1v) is 7.67. The molecular formula is C14H18BrN3O2. The number of aromatic amines is 2. The molecule has 2 atom stereocenters. The van der Waals surface area contributed by atoms with Crippen LogP contribution in [0, 0.1) is 0 Å². The fourth-order valence-corrected chi connectivity index (χ4v) is 3.37. The van der Waals surface area contributed by atoms with E-state index in [1.807, 2.05) is 12.1 Å². The minimum Gasteiger partial charge on any atom is -0.379 e. The lowest BCUT2D eigenvalue weighted by molar-refractivity contribution is 0.0606. The zero-order valence-corrected chi connectivity index (χ0v) is 12.9. The van der Waals surface area contributed by atoms with Gasteiger partial charge in [-0.2, -0.15) is 0 Å². The lowest BCUT2D eigenvalue weighted by Crippen LogP contribution is -2.37. The number of hydrogen-bond acceptors (Lipinski definition) is 3. The molecule has 0 saturated heterocycles. The highest BCUT2D eigenvalue weighted by Gasteiger charge is 2.25. The van der Waals surface area contributed by atoms with Gasteiger partial charge in [0.2, 0.25) is 0 Å². The fraction of sp³-hybridized carbons (Fsp3) is 0.500. The molecule has 6 heteroatoms. The maximum Gasteiger partial charge on any atom is 0.323 e. The molecule has 0 amide bonds. The van der Waals surface area contributed by atoms with Crippen molar-refractivity contribution < 1.29 is 4.74 Å². The number of rotatable bonds is 3. The average Bonchev–Trinajstić information content (AvgIpc) is 2.79. The van der Waals surface area contributed by atoms with Gasteiger partial charge in [-0.15, -0.1) is 0 Å². The first-order chi connectivity index (χ1) is 9.67. The standard InChI is InChI=1S/C14H18BrN3O2/c1-20-13-5-3-2-4-9(13)16-10-7-12-11(6-8(10)15)17-14(19)18-12/h6-7,9,13,16H,2-5H2,1H3,(H2,17,18,19). The largest absolute Gasteiger partial charge is 0.379 e. The summed E-state index contributed by atoms with van der Waals surface area (Å²) in [4.78, 5) is 16.9. The van der Waals surface area contributed by atoms with Gasteiger partial charge in [-0.05, 0) is 40.9 Å². The Morgan fingerprint density at radius 1 is 1.25 bits per heavy atom. The maximum atomic E-state index is 11.3. The average molecular weight is 340 g/mol. The number of anilines is 1. The van der Waals surface area contributed by atoms with E-state index in [-0.39, 0.29) is 11.8 Å². The van der Waals surface area contributed by atoms with E-state index in [1.54, 1.807) is 7.11 Å². The summed E-state index contributed by atoms with van der Waals surface area (Å²) in [5.74, 6) is 0. The number of imidazole rings is 1. The summed E-state index contributed by atoms with van der Waals surface area (Å²) in [5, 5.41) is 3.54. The van der Waals surface area contributed by atoms with Gasteiger partial charge in [-0.3, -0.25) is 0 Å². The number of halogens is 1. The minimum absolute atomic E-state index is 0.184. The third-order valence-corrected chi connectivity index (χ3v) is 4.61. The van der Waals surface area contributed by atoms with E-state index < -0.39 is 0 Å². The van der Waals surface area contributed by atoms with E-state index in [9.17, 15) is 4.79 Å². The lowest BCUT2D eigenvalue weighted by atomic mass is 9.92. The summed E-state index contributed by atoms with van der Waals surface area (Å²) in [7, 11) is 1.77. The number of nitrogens with one attached hydrogen (secondary N) is 3. The molecule has 20 heavy (non-hydrogen) atoms. The van der Waals surface area contributed by atoms with Crippen LogP contribution in [-0.4, -0.2) is 29.2 Å². The SMILES string of the molecule is COC1CCCCC1Nc1cc2[nH]c(=O)[nH]c2cc1Br. The van der Waals surface area contributed by atoms with Crippen LogP contribution < -0.4 is 11.0 Å². The Labute approximate surface area is 125 Å². The molecule has 1 aliphatic carbocycles. The van der Waals surface area contributed by atoms with Crippen LogP contribution >= 0.6 is 15.9 Å². The van der Waals surface area contributed by atoms with Crippen LogP contribution in [0.5, 0.6) is 0 Å². The summed E-state index contributed by atoms with van der Waals surface area (Å²) in [6.45, 7) is 0. The number of H-pyrrole nitrogens is 2. The van der Waals surface area contributed by atoms with Gasteiger partial charge in [-0.1, -0.05) is 12.8 Å². The summed E-state index contributed by atoms with van der Waals surface area (Å²) in [6, 6.07) is 4.19. The zero-order valence-electron chi connectivity index (χ0n) is 11.3. The van der Waals surface area contributed by atoms with Crippen LogP contribution in [0.1, 0.15) is 25.7 Å². The predicted octanol–water partition coefficient (Wildman–Crippen LogP) is 2.99. The van der Waals surface area contributed by atoms with Gasteiger partial charge >= 0.3 is 5.69 Å². The van der Waals surface area contributed by atoms with Crippen molar-refractivity contribution in [3.8, 4) is 0 Å². The topological polar surface area (TPSA) is 69.9 Å². The van der Waals surface area contributed by atoms with Crippen LogP contribution in [0.4, 0.5) is 5.69 Å². The first-order valence-electron chi connectivity index (χ1n) is 6.88. The highest BCUT2D eigenvalue weighted by molar-refractivity contribution is 9.10. The number of ether oxygens (including phenoxy) is 1. The number of benzene rings is 1. The van der Waals surface area contributed by atoms with Crippen molar-refractivity contribution in [2.24, 2.45) is 0 Å². The Kier molecular flexibility index (Phi) is 3.85. The molecule has 108 valence electrons. The van der Waals surface area contributed by atoms with Gasteiger partial charge in [0.1, 0.15) is 0 Å². The lowest BCUT2D eigenvalue weighted by Gasteiger charge is -2.32. The number of fused-ring (bicyclic) bond motifs is 1. The van der Waals surface area contributed by atoms with Crippen LogP contribution in [0.25, 0.3) is 11.0 Å². The van der Waals surface area contributed by atoms with E-state index in [1.165, 1.54) is 12.8 Å². The summed E-state index contributed by atoms with van der Waals surface area (Å²) in [6.07, 6.45) is 4.89. The molecule has 1 heterocycles. The Morgan fingerprint density at radius 3 is 2.70 bits per heavy atom. The molecule has 1 aromatic heterocycles. The minimum atomic E-state index is -0.184. The van der Waals surface area contributed by atoms with Crippen molar-refractivity contribution in [3.05, 3.63) is 27.1 Å². The van der Waals surface area contributed by atoms with Gasteiger partial charge in [0.15, 0.2) is 0 Å². The molecule has 1 aromatic carbocycles. The molecule has 2 unspecified atom stereocenters. The van der Waals surface area contributed by atoms with Crippen molar-refractivity contribution in [2.75, 3.05) is 12.4 Å². The first kappa shape index (κ1) is 13.7. The highest BCUT2D eigenvalue weighted by atomic mass is 79.9. The summed E-state index contributed by atoms with van der Waals surface area (Å²) >= 11 is 3.56. The third kappa shape index (κ3) is 2.62. The molecule has 3 rings (SSSR count). The van der Waals surface area contributed by atoms with Crippen LogP contribution in [0.3, 0.4) is 0 Å². The maximum absolute atomic E-state index is 11.3. The normalized spacial score (nSPS) is 23.1. The molecule has 1 aliphatic rings. The van der Waals surface area contributed by atoms with E-state index in [2.05, 4.69) is 31.2 Å². The summed E-state index contributed by atoms with van der Waals surface area (Å²) < 4.78 is 6.51. The second kappa shape index (κ2) is 5.61. The molecule has 0 spiro atoms. The van der Waals surface area contributed by atoms with E-state index >= 15 is 0 Å². The quantitative estimate of drug-likeness (QED) is 0.805. The third-order valence-electron chi connectivity index (χ3n) is 3.95. The fourth-order valence-electron chi connectivity index (χ4n) is 2.91. The monoisotopic (exact) mass is 339 g/mol. The molecule has 5 nitrogen and oxygen atoms in total. The van der Waals surface area contributed by atoms with Crippen LogP contribution in [0.15, 0.2) is 21.4 Å². The van der Waals surface area contributed by atoms with Crippen molar-refractivity contribution in [1.29, 1.82) is 0 Å². The van der Waals surface area contributed by atoms with Crippen molar-refractivity contribution in [2.45, 2.75) is 37.8 Å². The second-order valence-electron chi connectivity index (χ2n) is 5.27. The second-order valence-corrected chi connectivity index (χ2v) is 6.12. The van der Waals surface area contributed by atoms with E-state index in [4.69, 9.17) is 4.74 Å². The summed E-state index contributed by atoms with van der Waals surface area (Å²) in [5.41, 5.74) is 2.42. The van der Waals surface area contributed by atoms with Gasteiger partial charge in [0.25, 0.3) is 0 Å². The Balaban J connectivity index is 1.89. The highest BCUT2D eigenvalue weighted by Crippen LogP contribution is 2.30. The zero-order chi connectivity index (χ0) is 14.1. The number of aromatic nitrogens is 2. The molecule has 1 saturated carbocycles. The molecule has 2 aromatic rings. The Hall–Kier alpha value is -1.27. The number of methoxy groups -OCH3 is 1. The van der Waals surface area contributed by atoms with Gasteiger partial charge in [0, 0.05) is 11.6 Å².